The van der Waals surface area contributed by atoms with Crippen molar-refractivity contribution < 1.29 is 4.79 Å². The van der Waals surface area contributed by atoms with Gasteiger partial charge in [-0.05, 0) is 39.1 Å². The molecule has 2 aromatic heterocycles. The highest BCUT2D eigenvalue weighted by molar-refractivity contribution is 7.17. The Kier molecular flexibility index (Phi) is 5.58. The first kappa shape index (κ1) is 17.5. The zero-order chi connectivity index (χ0) is 17.1. The van der Waals surface area contributed by atoms with E-state index in [1.165, 1.54) is 11.3 Å². The van der Waals surface area contributed by atoms with E-state index in [0.29, 0.717) is 10.3 Å². The number of nitrogens with zero attached hydrogens (tertiary/aromatic N) is 4. The van der Waals surface area contributed by atoms with Crippen LogP contribution in [0.3, 0.4) is 0 Å². The summed E-state index contributed by atoms with van der Waals surface area (Å²) in [5.74, 6) is 1.48. The molecule has 0 aromatic carbocycles. The topological polar surface area (TPSA) is 41.4 Å². The third-order valence-electron chi connectivity index (χ3n) is 4.39. The summed E-state index contributed by atoms with van der Waals surface area (Å²) in [5.41, 5.74) is 0. The van der Waals surface area contributed by atoms with E-state index in [0.717, 1.165) is 49.7 Å². The molecule has 2 aromatic rings. The van der Waals surface area contributed by atoms with Crippen LogP contribution in [-0.4, -0.2) is 59.0 Å². The highest BCUT2D eigenvalue weighted by Gasteiger charge is 2.28. The summed E-state index contributed by atoms with van der Waals surface area (Å²) in [6.45, 7) is 3.44. The Labute approximate surface area is 151 Å². The molecule has 1 atom stereocenters. The Balaban J connectivity index is 1.70. The molecule has 0 bridgehead atoms. The lowest BCUT2D eigenvalue weighted by molar-refractivity contribution is 0.0708. The lowest BCUT2D eigenvalue weighted by Crippen LogP contribution is -2.39. The van der Waals surface area contributed by atoms with Crippen LogP contribution >= 0.6 is 22.9 Å². The van der Waals surface area contributed by atoms with Gasteiger partial charge in [-0.2, -0.15) is 0 Å². The van der Waals surface area contributed by atoms with Crippen LogP contribution in [0.5, 0.6) is 0 Å². The molecule has 0 radical (unpaired) electrons. The van der Waals surface area contributed by atoms with Crippen molar-refractivity contribution in [2.24, 2.45) is 0 Å². The quantitative estimate of drug-likeness (QED) is 0.816. The van der Waals surface area contributed by atoms with Crippen LogP contribution in [-0.2, 0) is 6.54 Å². The van der Waals surface area contributed by atoms with Crippen molar-refractivity contribution in [1.82, 2.24) is 19.4 Å². The summed E-state index contributed by atoms with van der Waals surface area (Å²) >= 11 is 7.32. The molecule has 1 amide bonds. The Bertz CT molecular complexity index is 696. The molecule has 0 spiro atoms. The van der Waals surface area contributed by atoms with E-state index in [4.69, 9.17) is 11.6 Å². The largest absolute Gasteiger partial charge is 0.337 e. The second-order valence-corrected chi connectivity index (χ2v) is 8.19. The van der Waals surface area contributed by atoms with Gasteiger partial charge in [0, 0.05) is 44.5 Å². The van der Waals surface area contributed by atoms with E-state index in [1.807, 2.05) is 23.4 Å². The zero-order valence-electron chi connectivity index (χ0n) is 14.1. The smallest absolute Gasteiger partial charge is 0.263 e. The Morgan fingerprint density at radius 3 is 3.00 bits per heavy atom. The first-order valence-electron chi connectivity index (χ1n) is 8.25. The molecule has 3 rings (SSSR count). The third-order valence-corrected chi connectivity index (χ3v) is 5.61. The van der Waals surface area contributed by atoms with Crippen molar-refractivity contribution >= 4 is 28.8 Å². The summed E-state index contributed by atoms with van der Waals surface area (Å²) in [6, 6.07) is 3.60. The first-order valence-corrected chi connectivity index (χ1v) is 9.44. The van der Waals surface area contributed by atoms with E-state index < -0.39 is 0 Å². The predicted octanol–water partition coefficient (Wildman–Crippen LogP) is 3.18. The van der Waals surface area contributed by atoms with Crippen molar-refractivity contribution in [2.45, 2.75) is 25.3 Å². The maximum absolute atomic E-state index is 12.7. The molecule has 5 nitrogen and oxygen atoms in total. The van der Waals surface area contributed by atoms with Gasteiger partial charge in [0.15, 0.2) is 0 Å². The number of amides is 1. The van der Waals surface area contributed by atoms with Crippen LogP contribution < -0.4 is 0 Å². The summed E-state index contributed by atoms with van der Waals surface area (Å²) < 4.78 is 2.88. The number of imidazole rings is 1. The molecular weight excluding hydrogens is 344 g/mol. The van der Waals surface area contributed by atoms with Gasteiger partial charge in [0.2, 0.25) is 0 Å². The summed E-state index contributed by atoms with van der Waals surface area (Å²) in [6.07, 6.45) is 5.99. The van der Waals surface area contributed by atoms with Crippen molar-refractivity contribution in [3.8, 4) is 0 Å². The molecule has 0 saturated carbocycles. The van der Waals surface area contributed by atoms with Crippen LogP contribution in [0.4, 0.5) is 0 Å². The van der Waals surface area contributed by atoms with Crippen molar-refractivity contribution in [2.75, 3.05) is 33.7 Å². The van der Waals surface area contributed by atoms with Gasteiger partial charge >= 0.3 is 0 Å². The van der Waals surface area contributed by atoms with Gasteiger partial charge in [-0.15, -0.1) is 11.3 Å². The van der Waals surface area contributed by atoms with Crippen LogP contribution in [0.15, 0.2) is 24.5 Å². The first-order chi connectivity index (χ1) is 11.5. The third kappa shape index (κ3) is 3.99. The minimum absolute atomic E-state index is 0.0861. The number of hydrogen-bond donors (Lipinski definition) is 0. The fraction of sp³-hybridized carbons (Fsp3) is 0.529. The number of piperidine rings is 1. The van der Waals surface area contributed by atoms with Gasteiger partial charge in [0.05, 0.1) is 9.21 Å². The Morgan fingerprint density at radius 1 is 1.46 bits per heavy atom. The molecule has 130 valence electrons. The fourth-order valence-electron chi connectivity index (χ4n) is 3.13. The van der Waals surface area contributed by atoms with Crippen LogP contribution in [0.25, 0.3) is 0 Å². The molecule has 1 saturated heterocycles. The van der Waals surface area contributed by atoms with Crippen molar-refractivity contribution in [1.29, 1.82) is 0 Å². The molecule has 7 heteroatoms. The minimum atomic E-state index is 0.0861. The maximum Gasteiger partial charge on any atom is 0.263 e. The number of aromatic nitrogens is 2. The number of rotatable bonds is 5. The Morgan fingerprint density at radius 2 is 2.29 bits per heavy atom. The van der Waals surface area contributed by atoms with Gasteiger partial charge in [-0.25, -0.2) is 4.98 Å². The molecule has 1 aliphatic heterocycles. The molecule has 1 fully saturated rings. The normalized spacial score (nSPS) is 18.3. The Hall–Kier alpha value is -1.37. The number of carbonyl (C=O) groups is 1. The molecule has 1 unspecified atom stereocenters. The van der Waals surface area contributed by atoms with Crippen LogP contribution in [0.1, 0.15) is 34.3 Å². The molecule has 3 heterocycles. The molecule has 0 aliphatic carbocycles. The van der Waals surface area contributed by atoms with Gasteiger partial charge in [0.1, 0.15) is 5.82 Å². The molecule has 1 aliphatic rings. The van der Waals surface area contributed by atoms with E-state index in [9.17, 15) is 4.79 Å². The lowest BCUT2D eigenvalue weighted by Gasteiger charge is -2.32. The highest BCUT2D eigenvalue weighted by atomic mass is 35.5. The number of likely N-dealkylation sites (N-methyl/N-ethyl adjacent to an activating group) is 1. The van der Waals surface area contributed by atoms with E-state index in [-0.39, 0.29) is 5.91 Å². The maximum atomic E-state index is 12.7. The number of carbonyl (C=O) groups excluding carboxylic acids is 1. The molecule has 24 heavy (non-hydrogen) atoms. The predicted molar refractivity (Wildman–Crippen MR) is 98.0 cm³/mol. The van der Waals surface area contributed by atoms with Gasteiger partial charge < -0.3 is 14.4 Å². The van der Waals surface area contributed by atoms with E-state index in [1.54, 1.807) is 6.07 Å². The van der Waals surface area contributed by atoms with E-state index >= 15 is 0 Å². The standard InChI is InChI=1S/C17H23ClN4OS/c1-20(2)10-11-21-9-7-19-16(21)13-4-3-8-22(12-13)17(23)14-5-6-15(18)24-14/h5-7,9,13H,3-4,8,10-12H2,1-2H3. The van der Waals surface area contributed by atoms with Gasteiger partial charge in [-0.1, -0.05) is 11.6 Å². The second kappa shape index (κ2) is 7.68. The number of hydrogen-bond acceptors (Lipinski definition) is 4. The average molecular weight is 367 g/mol. The average Bonchev–Trinajstić information content (AvgIpc) is 3.21. The minimum Gasteiger partial charge on any atom is -0.337 e. The zero-order valence-corrected chi connectivity index (χ0v) is 15.7. The van der Waals surface area contributed by atoms with E-state index in [2.05, 4.69) is 28.5 Å². The van der Waals surface area contributed by atoms with Crippen molar-refractivity contribution in [3.05, 3.63) is 39.6 Å². The van der Waals surface area contributed by atoms with Gasteiger partial charge in [0.25, 0.3) is 5.91 Å². The summed E-state index contributed by atoms with van der Waals surface area (Å²) in [5, 5.41) is 0. The van der Waals surface area contributed by atoms with Gasteiger partial charge in [-0.3, -0.25) is 4.79 Å². The number of likely N-dealkylation sites (tertiary alicyclic amines) is 1. The number of halogens is 1. The monoisotopic (exact) mass is 366 g/mol. The summed E-state index contributed by atoms with van der Waals surface area (Å²) in [4.78, 5) is 22.1. The molecule has 0 N–H and O–H groups in total. The molecular formula is C17H23ClN4OS. The summed E-state index contributed by atoms with van der Waals surface area (Å²) in [7, 11) is 4.15. The van der Waals surface area contributed by atoms with Crippen LogP contribution in [0, 0.1) is 0 Å². The second-order valence-electron chi connectivity index (χ2n) is 6.48. The number of thiophene rings is 1. The van der Waals surface area contributed by atoms with Crippen molar-refractivity contribution in [3.63, 3.8) is 0 Å². The fourth-order valence-corrected chi connectivity index (χ4v) is 4.15. The lowest BCUT2D eigenvalue weighted by atomic mass is 9.97. The SMILES string of the molecule is CN(C)CCn1ccnc1C1CCCN(C(=O)c2ccc(Cl)s2)C1. The van der Waals surface area contributed by atoms with Crippen LogP contribution in [0.2, 0.25) is 4.34 Å². The highest BCUT2D eigenvalue weighted by Crippen LogP contribution is 2.29.